The summed E-state index contributed by atoms with van der Waals surface area (Å²) in [6.45, 7) is 3.91. The first-order chi connectivity index (χ1) is 9.75. The third-order valence-corrected chi connectivity index (χ3v) is 4.27. The molecule has 1 aromatic rings. The van der Waals surface area contributed by atoms with E-state index in [2.05, 4.69) is 5.32 Å². The van der Waals surface area contributed by atoms with Gasteiger partial charge in [0.2, 0.25) is 0 Å². The van der Waals surface area contributed by atoms with Gasteiger partial charge in [0.15, 0.2) is 6.61 Å². The van der Waals surface area contributed by atoms with Crippen LogP contribution in [0.4, 0.5) is 0 Å². The lowest BCUT2D eigenvalue weighted by molar-refractivity contribution is -0.123. The Balaban J connectivity index is 2.72. The van der Waals surface area contributed by atoms with Crippen LogP contribution >= 0.6 is 10.7 Å². The summed E-state index contributed by atoms with van der Waals surface area (Å²) in [5.74, 6) is 0.132. The van der Waals surface area contributed by atoms with Crippen molar-refractivity contribution in [2.45, 2.75) is 18.7 Å². The van der Waals surface area contributed by atoms with Crippen LogP contribution < -0.4 is 10.1 Å². The zero-order valence-electron chi connectivity index (χ0n) is 12.1. The predicted octanol–water partition coefficient (Wildman–Crippen LogP) is 1.37. The molecule has 8 heteroatoms. The van der Waals surface area contributed by atoms with Gasteiger partial charge in [-0.15, -0.1) is 0 Å². The van der Waals surface area contributed by atoms with Crippen LogP contribution in [0.3, 0.4) is 0 Å². The van der Waals surface area contributed by atoms with E-state index >= 15 is 0 Å². The van der Waals surface area contributed by atoms with Gasteiger partial charge in [-0.2, -0.15) is 0 Å². The normalized spacial score (nSPS) is 11.2. The number of carbonyl (C=O) groups excluding carboxylic acids is 1. The fourth-order valence-corrected chi connectivity index (χ4v) is 3.49. The number of ether oxygens (including phenoxy) is 2. The molecule has 21 heavy (non-hydrogen) atoms. The standard InChI is InChI=1S/C13H18ClNO5S/c1-9-6-11(7-10(2)13(9)21(14,17)18)20-8-12(16)15-4-5-19-3/h6-7H,4-5,8H2,1-3H3,(H,15,16). The second kappa shape index (κ2) is 7.63. The van der Waals surface area contributed by atoms with Crippen LogP contribution in [-0.4, -0.2) is 41.2 Å². The number of rotatable bonds is 7. The summed E-state index contributed by atoms with van der Waals surface area (Å²) in [6, 6.07) is 3.06. The summed E-state index contributed by atoms with van der Waals surface area (Å²) in [4.78, 5) is 11.5. The molecule has 0 radical (unpaired) electrons. The molecule has 0 aliphatic heterocycles. The number of amides is 1. The van der Waals surface area contributed by atoms with Crippen LogP contribution in [0.2, 0.25) is 0 Å². The van der Waals surface area contributed by atoms with Crippen molar-refractivity contribution >= 4 is 25.6 Å². The molecule has 0 saturated heterocycles. The highest BCUT2D eigenvalue weighted by molar-refractivity contribution is 8.13. The predicted molar refractivity (Wildman–Crippen MR) is 79.3 cm³/mol. The molecular weight excluding hydrogens is 318 g/mol. The minimum absolute atomic E-state index is 0.0704. The molecular formula is C13H18ClNO5S. The largest absolute Gasteiger partial charge is 0.484 e. The maximum Gasteiger partial charge on any atom is 0.261 e. The first kappa shape index (κ1) is 17.7. The molecule has 0 atom stereocenters. The zero-order valence-corrected chi connectivity index (χ0v) is 13.7. The van der Waals surface area contributed by atoms with Gasteiger partial charge in [-0.3, -0.25) is 4.79 Å². The maximum atomic E-state index is 11.5. The van der Waals surface area contributed by atoms with Crippen molar-refractivity contribution in [3.8, 4) is 5.75 Å². The molecule has 0 spiro atoms. The van der Waals surface area contributed by atoms with Crippen molar-refractivity contribution in [1.29, 1.82) is 0 Å². The molecule has 1 rings (SSSR count). The lowest BCUT2D eigenvalue weighted by Crippen LogP contribution is -2.31. The van der Waals surface area contributed by atoms with Gasteiger partial charge in [-0.1, -0.05) is 0 Å². The molecule has 1 N–H and O–H groups in total. The van der Waals surface area contributed by atoms with Crippen LogP contribution in [0, 0.1) is 13.8 Å². The summed E-state index contributed by atoms with van der Waals surface area (Å²) in [5, 5.41) is 2.61. The number of nitrogens with one attached hydrogen (secondary N) is 1. The van der Waals surface area contributed by atoms with E-state index < -0.39 is 9.05 Å². The highest BCUT2D eigenvalue weighted by Gasteiger charge is 2.18. The number of hydrogen-bond acceptors (Lipinski definition) is 5. The van der Waals surface area contributed by atoms with Crippen molar-refractivity contribution in [1.82, 2.24) is 5.32 Å². The van der Waals surface area contributed by atoms with Gasteiger partial charge in [0.05, 0.1) is 11.5 Å². The first-order valence-corrected chi connectivity index (χ1v) is 8.51. The van der Waals surface area contributed by atoms with Crippen molar-refractivity contribution in [3.63, 3.8) is 0 Å². The number of methoxy groups -OCH3 is 1. The second-order valence-electron chi connectivity index (χ2n) is 4.46. The molecule has 0 aromatic heterocycles. The van der Waals surface area contributed by atoms with Crippen molar-refractivity contribution in [3.05, 3.63) is 23.3 Å². The second-order valence-corrected chi connectivity index (χ2v) is 6.96. The SMILES string of the molecule is COCCNC(=O)COc1cc(C)c(S(=O)(=O)Cl)c(C)c1. The number of halogens is 1. The average Bonchev–Trinajstić information content (AvgIpc) is 2.34. The summed E-state index contributed by atoms with van der Waals surface area (Å²) in [7, 11) is 3.11. The van der Waals surface area contributed by atoms with Gasteiger partial charge in [0, 0.05) is 24.3 Å². The number of benzene rings is 1. The molecule has 0 saturated carbocycles. The Bertz CT molecular complexity index is 592. The Hall–Kier alpha value is -1.31. The van der Waals surface area contributed by atoms with Crippen LogP contribution in [0.1, 0.15) is 11.1 Å². The lowest BCUT2D eigenvalue weighted by Gasteiger charge is -2.11. The molecule has 118 valence electrons. The van der Waals surface area contributed by atoms with E-state index in [1.54, 1.807) is 21.0 Å². The minimum Gasteiger partial charge on any atom is -0.484 e. The fourth-order valence-electron chi connectivity index (χ4n) is 1.87. The number of carbonyl (C=O) groups is 1. The fraction of sp³-hybridized carbons (Fsp3) is 0.462. The molecule has 0 aliphatic carbocycles. The third-order valence-electron chi connectivity index (χ3n) is 2.68. The minimum atomic E-state index is -3.80. The van der Waals surface area contributed by atoms with Gasteiger partial charge in [0.1, 0.15) is 5.75 Å². The summed E-state index contributed by atoms with van der Waals surface area (Å²) in [6.07, 6.45) is 0. The summed E-state index contributed by atoms with van der Waals surface area (Å²) >= 11 is 0. The van der Waals surface area contributed by atoms with Crippen molar-refractivity contribution in [2.75, 3.05) is 26.9 Å². The quantitative estimate of drug-likeness (QED) is 0.601. The van der Waals surface area contributed by atoms with Crippen molar-refractivity contribution in [2.24, 2.45) is 0 Å². The lowest BCUT2D eigenvalue weighted by atomic mass is 10.1. The van der Waals surface area contributed by atoms with E-state index in [1.165, 1.54) is 12.1 Å². The highest BCUT2D eigenvalue weighted by Crippen LogP contribution is 2.28. The Morgan fingerprint density at radius 3 is 2.33 bits per heavy atom. The molecule has 0 aliphatic rings. The number of hydrogen-bond donors (Lipinski definition) is 1. The summed E-state index contributed by atoms with van der Waals surface area (Å²) < 4.78 is 33.0. The molecule has 1 aromatic carbocycles. The van der Waals surface area contributed by atoms with Crippen LogP contribution in [0.5, 0.6) is 5.75 Å². The third kappa shape index (κ3) is 5.53. The Kier molecular flexibility index (Phi) is 6.44. The van der Waals surface area contributed by atoms with Gasteiger partial charge in [-0.05, 0) is 37.1 Å². The first-order valence-electron chi connectivity index (χ1n) is 6.20. The van der Waals surface area contributed by atoms with Gasteiger partial charge in [0.25, 0.3) is 15.0 Å². The average molecular weight is 336 g/mol. The van der Waals surface area contributed by atoms with Crippen LogP contribution in [0.25, 0.3) is 0 Å². The highest BCUT2D eigenvalue weighted by atomic mass is 35.7. The van der Waals surface area contributed by atoms with E-state index in [4.69, 9.17) is 20.2 Å². The van der Waals surface area contributed by atoms with E-state index in [0.29, 0.717) is 30.0 Å². The van der Waals surface area contributed by atoms with E-state index in [9.17, 15) is 13.2 Å². The summed E-state index contributed by atoms with van der Waals surface area (Å²) in [5.41, 5.74) is 0.944. The monoisotopic (exact) mass is 335 g/mol. The smallest absolute Gasteiger partial charge is 0.261 e. The Morgan fingerprint density at radius 1 is 1.29 bits per heavy atom. The molecule has 0 unspecified atom stereocenters. The van der Waals surface area contributed by atoms with E-state index in [1.807, 2.05) is 0 Å². The van der Waals surface area contributed by atoms with Gasteiger partial charge in [-0.25, -0.2) is 8.42 Å². The van der Waals surface area contributed by atoms with Crippen LogP contribution in [-0.2, 0) is 18.6 Å². The number of aryl methyl sites for hydroxylation is 2. The molecule has 1 amide bonds. The zero-order chi connectivity index (χ0) is 16.0. The van der Waals surface area contributed by atoms with Gasteiger partial charge < -0.3 is 14.8 Å². The molecule has 0 heterocycles. The topological polar surface area (TPSA) is 81.7 Å². The molecule has 0 bridgehead atoms. The van der Waals surface area contributed by atoms with E-state index in [-0.39, 0.29) is 17.4 Å². The van der Waals surface area contributed by atoms with Crippen molar-refractivity contribution < 1.29 is 22.7 Å². The van der Waals surface area contributed by atoms with Gasteiger partial charge >= 0.3 is 0 Å². The Labute approximate surface area is 128 Å². The molecule has 0 fully saturated rings. The maximum absolute atomic E-state index is 11.5. The van der Waals surface area contributed by atoms with E-state index in [0.717, 1.165) is 0 Å². The Morgan fingerprint density at radius 2 is 1.86 bits per heavy atom. The van der Waals surface area contributed by atoms with Crippen LogP contribution in [0.15, 0.2) is 17.0 Å². The molecule has 6 nitrogen and oxygen atoms in total.